The normalized spacial score (nSPS) is 12.1. The summed E-state index contributed by atoms with van der Waals surface area (Å²) in [6, 6.07) is 8.22. The molecule has 0 radical (unpaired) electrons. The topological polar surface area (TPSA) is 55.1 Å². The number of halogens is 1. The van der Waals surface area contributed by atoms with Crippen LogP contribution < -0.4 is 11.1 Å². The number of primary amides is 1. The Morgan fingerprint density at radius 2 is 1.29 bits per heavy atom. The van der Waals surface area contributed by atoms with E-state index in [-0.39, 0.29) is 11.8 Å². The molecule has 1 amide bonds. The van der Waals surface area contributed by atoms with Gasteiger partial charge < -0.3 is 11.1 Å². The number of anilines is 1. The second-order valence-corrected chi connectivity index (χ2v) is 9.72. The van der Waals surface area contributed by atoms with Crippen molar-refractivity contribution in [3.63, 3.8) is 0 Å². The lowest BCUT2D eigenvalue weighted by Crippen LogP contribution is -2.21. The summed E-state index contributed by atoms with van der Waals surface area (Å²) >= 11 is 3.43. The molecule has 0 heterocycles. The number of benzene rings is 1. The lowest BCUT2D eigenvalue weighted by molar-refractivity contribution is -0.119. The van der Waals surface area contributed by atoms with Gasteiger partial charge in [0.1, 0.15) is 0 Å². The van der Waals surface area contributed by atoms with Gasteiger partial charge in [-0.3, -0.25) is 4.79 Å². The van der Waals surface area contributed by atoms with E-state index in [9.17, 15) is 4.79 Å². The average molecular weight is 496 g/mol. The highest BCUT2D eigenvalue weighted by Gasteiger charge is 2.16. The van der Waals surface area contributed by atoms with Crippen LogP contribution in [0.3, 0.4) is 0 Å². The van der Waals surface area contributed by atoms with Crippen molar-refractivity contribution in [1.29, 1.82) is 0 Å². The Labute approximate surface area is 200 Å². The number of nitrogens with two attached hydrogens (primary N) is 1. The minimum atomic E-state index is -0.232. The third kappa shape index (κ3) is 14.6. The van der Waals surface area contributed by atoms with Gasteiger partial charge in [-0.05, 0) is 37.0 Å². The molecule has 3 nitrogen and oxygen atoms in total. The van der Waals surface area contributed by atoms with E-state index in [0.717, 1.165) is 36.0 Å². The average Bonchev–Trinajstić information content (AvgIpc) is 2.77. The van der Waals surface area contributed by atoms with E-state index in [1.54, 1.807) is 0 Å². The Balaban J connectivity index is 2.00. The van der Waals surface area contributed by atoms with Crippen molar-refractivity contribution in [1.82, 2.24) is 0 Å². The van der Waals surface area contributed by atoms with Crippen LogP contribution >= 0.6 is 15.9 Å². The fourth-order valence-electron chi connectivity index (χ4n) is 4.14. The molecule has 0 aliphatic carbocycles. The number of carbonyl (C=O) groups is 1. The monoisotopic (exact) mass is 494 g/mol. The molecule has 4 heteroatoms. The van der Waals surface area contributed by atoms with E-state index in [0.29, 0.717) is 0 Å². The summed E-state index contributed by atoms with van der Waals surface area (Å²) in [6.07, 6.45) is 21.2. The highest BCUT2D eigenvalue weighted by atomic mass is 79.9. The van der Waals surface area contributed by atoms with Crippen molar-refractivity contribution in [3.05, 3.63) is 29.8 Å². The van der Waals surface area contributed by atoms with Crippen molar-refractivity contribution in [2.75, 3.05) is 17.2 Å². The van der Waals surface area contributed by atoms with E-state index in [2.05, 4.69) is 40.3 Å². The molecule has 0 aliphatic rings. The van der Waals surface area contributed by atoms with Crippen LogP contribution in [0.25, 0.3) is 0 Å². The summed E-state index contributed by atoms with van der Waals surface area (Å²) in [5.74, 6) is -0.415. The fraction of sp³-hybridized carbons (Fsp3) is 0.741. The number of carbonyl (C=O) groups excluding carboxylic acids is 1. The van der Waals surface area contributed by atoms with E-state index < -0.39 is 0 Å². The molecule has 31 heavy (non-hydrogen) atoms. The zero-order valence-corrected chi connectivity index (χ0v) is 21.6. The maximum atomic E-state index is 11.7. The molecule has 0 spiro atoms. The molecule has 3 N–H and O–H groups in total. The summed E-state index contributed by atoms with van der Waals surface area (Å²) in [6.45, 7) is 3.30. The predicted molar refractivity (Wildman–Crippen MR) is 140 cm³/mol. The Kier molecular flexibility index (Phi) is 17.7. The summed E-state index contributed by atoms with van der Waals surface area (Å²) in [5.41, 5.74) is 7.73. The van der Waals surface area contributed by atoms with Gasteiger partial charge in [-0.2, -0.15) is 0 Å². The van der Waals surface area contributed by atoms with Crippen molar-refractivity contribution >= 4 is 27.5 Å². The first-order valence-corrected chi connectivity index (χ1v) is 14.0. The molecule has 1 aromatic rings. The predicted octanol–water partition coefficient (Wildman–Crippen LogP) is 8.32. The molecular formula is C27H47BrN2O. The number of nitrogens with one attached hydrogen (secondary N) is 1. The van der Waals surface area contributed by atoms with Crippen LogP contribution in [0.15, 0.2) is 24.3 Å². The number of alkyl halides is 1. The fourth-order valence-corrected chi connectivity index (χ4v) is 4.46. The number of hydrogen-bond donors (Lipinski definition) is 2. The van der Waals surface area contributed by atoms with Gasteiger partial charge in [-0.25, -0.2) is 0 Å². The van der Waals surface area contributed by atoms with Crippen LogP contribution in [0.2, 0.25) is 0 Å². The quantitative estimate of drug-likeness (QED) is 0.133. The molecule has 0 saturated heterocycles. The zero-order chi connectivity index (χ0) is 22.6. The minimum Gasteiger partial charge on any atom is -0.385 e. The lowest BCUT2D eigenvalue weighted by Gasteiger charge is -2.14. The molecule has 0 aromatic heterocycles. The molecule has 1 rings (SSSR count). The standard InChI is InChI=1S/C27H47BrN2O/c1-2-3-4-5-6-7-8-9-10-11-12-13-14-15-23-30-25-20-18-24(19-21-25)26(27(29)31)17-16-22-28/h18-21,26,30H,2-17,22-23H2,1H3,(H2,29,31). The summed E-state index contributed by atoms with van der Waals surface area (Å²) in [5, 5.41) is 4.40. The Morgan fingerprint density at radius 1 is 0.806 bits per heavy atom. The van der Waals surface area contributed by atoms with Gasteiger partial charge in [0.05, 0.1) is 5.92 Å². The molecule has 0 saturated carbocycles. The minimum absolute atomic E-state index is 0.183. The van der Waals surface area contributed by atoms with Crippen molar-refractivity contribution in [3.8, 4) is 0 Å². The molecule has 1 atom stereocenters. The number of rotatable bonds is 21. The second-order valence-electron chi connectivity index (χ2n) is 8.93. The third-order valence-electron chi connectivity index (χ3n) is 6.14. The second kappa shape index (κ2) is 19.6. The molecular weight excluding hydrogens is 448 g/mol. The smallest absolute Gasteiger partial charge is 0.224 e. The van der Waals surface area contributed by atoms with Gasteiger partial charge in [0.2, 0.25) is 5.91 Å². The van der Waals surface area contributed by atoms with Crippen molar-refractivity contribution in [2.45, 2.75) is 116 Å². The van der Waals surface area contributed by atoms with E-state index >= 15 is 0 Å². The largest absolute Gasteiger partial charge is 0.385 e. The molecule has 1 unspecified atom stereocenters. The van der Waals surface area contributed by atoms with Gasteiger partial charge >= 0.3 is 0 Å². The lowest BCUT2D eigenvalue weighted by atomic mass is 9.94. The van der Waals surface area contributed by atoms with E-state index in [1.807, 2.05) is 12.1 Å². The molecule has 1 aromatic carbocycles. The van der Waals surface area contributed by atoms with Gasteiger partial charge in [0.25, 0.3) is 0 Å². The van der Waals surface area contributed by atoms with E-state index in [4.69, 9.17) is 5.73 Å². The van der Waals surface area contributed by atoms with Gasteiger partial charge in [-0.15, -0.1) is 0 Å². The van der Waals surface area contributed by atoms with Crippen molar-refractivity contribution in [2.24, 2.45) is 5.73 Å². The van der Waals surface area contributed by atoms with E-state index in [1.165, 1.54) is 89.9 Å². The molecule has 0 fully saturated rings. The highest BCUT2D eigenvalue weighted by Crippen LogP contribution is 2.23. The van der Waals surface area contributed by atoms with Crippen LogP contribution in [0.1, 0.15) is 121 Å². The van der Waals surface area contributed by atoms with Gasteiger partial charge in [-0.1, -0.05) is 118 Å². The summed E-state index contributed by atoms with van der Waals surface area (Å²) < 4.78 is 0. The van der Waals surface area contributed by atoms with Crippen LogP contribution in [0.5, 0.6) is 0 Å². The number of hydrogen-bond acceptors (Lipinski definition) is 2. The highest BCUT2D eigenvalue weighted by molar-refractivity contribution is 9.09. The Bertz CT molecular complexity index is 547. The SMILES string of the molecule is CCCCCCCCCCCCCCCCNc1ccc(C(CCCBr)C(N)=O)cc1. The first-order valence-electron chi connectivity index (χ1n) is 12.9. The molecule has 0 bridgehead atoms. The number of amides is 1. The Hall–Kier alpha value is -1.03. The maximum Gasteiger partial charge on any atom is 0.224 e. The van der Waals surface area contributed by atoms with Crippen LogP contribution in [-0.4, -0.2) is 17.8 Å². The zero-order valence-electron chi connectivity index (χ0n) is 20.0. The first-order chi connectivity index (χ1) is 15.2. The van der Waals surface area contributed by atoms with Gasteiger partial charge in [0, 0.05) is 17.6 Å². The Morgan fingerprint density at radius 3 is 1.74 bits per heavy atom. The van der Waals surface area contributed by atoms with Crippen LogP contribution in [0, 0.1) is 0 Å². The summed E-state index contributed by atoms with van der Waals surface area (Å²) in [4.78, 5) is 11.7. The van der Waals surface area contributed by atoms with Crippen LogP contribution in [-0.2, 0) is 4.79 Å². The summed E-state index contributed by atoms with van der Waals surface area (Å²) in [7, 11) is 0. The van der Waals surface area contributed by atoms with Crippen LogP contribution in [0.4, 0.5) is 5.69 Å². The maximum absolute atomic E-state index is 11.7. The third-order valence-corrected chi connectivity index (χ3v) is 6.70. The van der Waals surface area contributed by atoms with Crippen molar-refractivity contribution < 1.29 is 4.79 Å². The number of unbranched alkanes of at least 4 members (excludes halogenated alkanes) is 13. The van der Waals surface area contributed by atoms with Gasteiger partial charge in [0.15, 0.2) is 0 Å². The molecule has 0 aliphatic heterocycles. The first kappa shape index (κ1) is 28.0. The molecule has 178 valence electrons.